The number of hydrogen-bond acceptors (Lipinski definition) is 3. The van der Waals surface area contributed by atoms with Gasteiger partial charge in [0.1, 0.15) is 0 Å². The van der Waals surface area contributed by atoms with E-state index < -0.39 is 12.0 Å². The summed E-state index contributed by atoms with van der Waals surface area (Å²) >= 11 is 3.17. The molecule has 1 rings (SSSR count). The van der Waals surface area contributed by atoms with Crippen LogP contribution in [0.15, 0.2) is 22.7 Å². The molecule has 1 aromatic rings. The lowest BCUT2D eigenvalue weighted by molar-refractivity contribution is -0.120. The molecule has 0 saturated carbocycles. The molecule has 0 aliphatic rings. The number of hydrogen-bond donors (Lipinski definition) is 4. The lowest BCUT2D eigenvalue weighted by atomic mass is 10.2. The van der Waals surface area contributed by atoms with E-state index in [0.717, 1.165) is 0 Å². The molecule has 0 aliphatic heterocycles. The molecule has 0 fully saturated rings. The second-order valence-corrected chi connectivity index (χ2v) is 5.00. The molecule has 8 heteroatoms. The fraction of sp³-hybridized carbons (Fsp3) is 0.308. The van der Waals surface area contributed by atoms with E-state index in [4.69, 9.17) is 5.11 Å². The fourth-order valence-electron chi connectivity index (χ4n) is 1.54. The molecule has 7 nitrogen and oxygen atoms in total. The van der Waals surface area contributed by atoms with Gasteiger partial charge in [0.15, 0.2) is 0 Å². The van der Waals surface area contributed by atoms with Gasteiger partial charge in [-0.1, -0.05) is 15.9 Å². The molecule has 0 atom stereocenters. The Kier molecular flexibility index (Phi) is 6.67. The maximum absolute atomic E-state index is 11.7. The number of rotatable bonds is 6. The molecule has 0 aliphatic carbocycles. The Labute approximate surface area is 130 Å². The number of nitrogens with one attached hydrogen (secondary N) is 3. The molecule has 0 bridgehead atoms. The van der Waals surface area contributed by atoms with Crippen molar-refractivity contribution in [3.63, 3.8) is 0 Å². The van der Waals surface area contributed by atoms with Gasteiger partial charge >= 0.3 is 12.0 Å². The molecule has 1 aromatic carbocycles. The lowest BCUT2D eigenvalue weighted by Gasteiger charge is -2.10. The van der Waals surface area contributed by atoms with Crippen LogP contribution in [0.1, 0.15) is 23.7 Å². The van der Waals surface area contributed by atoms with E-state index in [1.807, 2.05) is 0 Å². The molecule has 0 spiro atoms. The minimum Gasteiger partial charge on any atom is -0.478 e. The number of carbonyl (C=O) groups is 3. The Hall–Kier alpha value is -2.09. The van der Waals surface area contributed by atoms with Crippen molar-refractivity contribution < 1.29 is 19.5 Å². The van der Waals surface area contributed by atoms with Crippen LogP contribution >= 0.6 is 15.9 Å². The lowest BCUT2D eigenvalue weighted by Crippen LogP contribution is -2.33. The van der Waals surface area contributed by atoms with Crippen LogP contribution < -0.4 is 16.0 Å². The van der Waals surface area contributed by atoms with E-state index in [9.17, 15) is 14.4 Å². The summed E-state index contributed by atoms with van der Waals surface area (Å²) in [6.45, 7) is 2.50. The van der Waals surface area contributed by atoms with Gasteiger partial charge < -0.3 is 21.1 Å². The summed E-state index contributed by atoms with van der Waals surface area (Å²) in [5, 5.41) is 16.6. The van der Waals surface area contributed by atoms with Gasteiger partial charge in [-0.25, -0.2) is 9.59 Å². The van der Waals surface area contributed by atoms with Crippen LogP contribution in [0, 0.1) is 0 Å². The Morgan fingerprint density at radius 3 is 2.57 bits per heavy atom. The molecular formula is C13H16BrN3O4. The first-order valence-corrected chi connectivity index (χ1v) is 7.07. The van der Waals surface area contributed by atoms with Crippen LogP contribution in [0.3, 0.4) is 0 Å². The SMILES string of the molecule is CCNC(=O)CCNC(=O)Nc1ccc(Br)cc1C(=O)O. The fourth-order valence-corrected chi connectivity index (χ4v) is 1.91. The van der Waals surface area contributed by atoms with E-state index in [-0.39, 0.29) is 30.1 Å². The first kappa shape index (κ1) is 17.0. The van der Waals surface area contributed by atoms with Crippen LogP contribution in [0.2, 0.25) is 0 Å². The molecule has 0 radical (unpaired) electrons. The third-order valence-corrected chi connectivity index (χ3v) is 2.97. The molecule has 21 heavy (non-hydrogen) atoms. The Balaban J connectivity index is 2.55. The first-order valence-electron chi connectivity index (χ1n) is 6.28. The number of aromatic carboxylic acids is 1. The monoisotopic (exact) mass is 357 g/mol. The molecule has 0 saturated heterocycles. The van der Waals surface area contributed by atoms with Crippen molar-refractivity contribution in [2.75, 3.05) is 18.4 Å². The normalized spacial score (nSPS) is 9.81. The molecule has 0 unspecified atom stereocenters. The highest BCUT2D eigenvalue weighted by Gasteiger charge is 2.13. The van der Waals surface area contributed by atoms with Gasteiger partial charge in [-0.05, 0) is 25.1 Å². The molecule has 0 aromatic heterocycles. The van der Waals surface area contributed by atoms with Gasteiger partial charge in [-0.3, -0.25) is 4.79 Å². The van der Waals surface area contributed by atoms with Crippen LogP contribution in [0.25, 0.3) is 0 Å². The molecular weight excluding hydrogens is 342 g/mol. The van der Waals surface area contributed by atoms with Gasteiger partial charge in [0.25, 0.3) is 0 Å². The third-order valence-electron chi connectivity index (χ3n) is 2.47. The predicted molar refractivity (Wildman–Crippen MR) is 81.4 cm³/mol. The smallest absolute Gasteiger partial charge is 0.337 e. The van der Waals surface area contributed by atoms with Gasteiger partial charge in [0.2, 0.25) is 5.91 Å². The Morgan fingerprint density at radius 1 is 1.24 bits per heavy atom. The Morgan fingerprint density at radius 2 is 1.95 bits per heavy atom. The zero-order valence-electron chi connectivity index (χ0n) is 11.4. The van der Waals surface area contributed by atoms with Crippen molar-refractivity contribution in [3.05, 3.63) is 28.2 Å². The summed E-state index contributed by atoms with van der Waals surface area (Å²) in [6, 6.07) is 3.93. The minimum atomic E-state index is -1.14. The minimum absolute atomic E-state index is 0.0248. The zero-order valence-corrected chi connectivity index (χ0v) is 13.0. The van der Waals surface area contributed by atoms with E-state index in [1.165, 1.54) is 12.1 Å². The highest BCUT2D eigenvalue weighted by Crippen LogP contribution is 2.21. The summed E-state index contributed by atoms with van der Waals surface area (Å²) in [5.41, 5.74) is 0.157. The zero-order chi connectivity index (χ0) is 15.8. The second-order valence-electron chi connectivity index (χ2n) is 4.08. The Bertz CT molecular complexity index is 548. The number of urea groups is 1. The maximum Gasteiger partial charge on any atom is 0.337 e. The maximum atomic E-state index is 11.7. The van der Waals surface area contributed by atoms with Gasteiger partial charge in [0.05, 0.1) is 11.3 Å². The highest BCUT2D eigenvalue weighted by molar-refractivity contribution is 9.10. The number of carbonyl (C=O) groups excluding carboxylic acids is 2. The van der Waals surface area contributed by atoms with Crippen LogP contribution in [0.5, 0.6) is 0 Å². The average Bonchev–Trinajstić information content (AvgIpc) is 2.41. The van der Waals surface area contributed by atoms with Crippen LogP contribution in [0.4, 0.5) is 10.5 Å². The van der Waals surface area contributed by atoms with E-state index in [0.29, 0.717) is 11.0 Å². The van der Waals surface area contributed by atoms with Crippen LogP contribution in [-0.2, 0) is 4.79 Å². The van der Waals surface area contributed by atoms with Gasteiger partial charge in [0, 0.05) is 24.0 Å². The molecule has 4 N–H and O–H groups in total. The number of benzene rings is 1. The summed E-state index contributed by atoms with van der Waals surface area (Å²) < 4.78 is 0.599. The van der Waals surface area contributed by atoms with E-state index in [2.05, 4.69) is 31.9 Å². The van der Waals surface area contributed by atoms with Crippen molar-refractivity contribution in [2.24, 2.45) is 0 Å². The number of halogens is 1. The molecule has 0 heterocycles. The largest absolute Gasteiger partial charge is 0.478 e. The third kappa shape index (κ3) is 5.82. The van der Waals surface area contributed by atoms with Crippen molar-refractivity contribution in [2.45, 2.75) is 13.3 Å². The number of amides is 3. The average molecular weight is 358 g/mol. The van der Waals surface area contributed by atoms with Crippen molar-refractivity contribution >= 4 is 39.5 Å². The van der Waals surface area contributed by atoms with Crippen LogP contribution in [-0.4, -0.2) is 36.1 Å². The quantitative estimate of drug-likeness (QED) is 0.622. The standard InChI is InChI=1S/C13H16BrN3O4/c1-2-15-11(18)5-6-16-13(21)17-10-4-3-8(14)7-9(10)12(19)20/h3-4,7H,2,5-6H2,1H3,(H,15,18)(H,19,20)(H2,16,17,21). The van der Waals surface area contributed by atoms with Crippen molar-refractivity contribution in [3.8, 4) is 0 Å². The summed E-state index contributed by atoms with van der Waals surface area (Å²) in [5.74, 6) is -1.30. The van der Waals surface area contributed by atoms with Crippen molar-refractivity contribution in [1.29, 1.82) is 0 Å². The van der Waals surface area contributed by atoms with E-state index >= 15 is 0 Å². The number of anilines is 1. The highest BCUT2D eigenvalue weighted by atomic mass is 79.9. The summed E-state index contributed by atoms with van der Waals surface area (Å²) in [7, 11) is 0. The van der Waals surface area contributed by atoms with E-state index in [1.54, 1.807) is 13.0 Å². The summed E-state index contributed by atoms with van der Waals surface area (Å²) in [6.07, 6.45) is 0.160. The predicted octanol–water partition coefficient (Wildman–Crippen LogP) is 1.79. The second kappa shape index (κ2) is 8.25. The molecule has 3 amide bonds. The van der Waals surface area contributed by atoms with Gasteiger partial charge in [-0.2, -0.15) is 0 Å². The van der Waals surface area contributed by atoms with Gasteiger partial charge in [-0.15, -0.1) is 0 Å². The molecule has 114 valence electrons. The van der Waals surface area contributed by atoms with Crippen molar-refractivity contribution in [1.82, 2.24) is 10.6 Å². The first-order chi connectivity index (χ1) is 9.93. The number of carboxylic acids is 1. The summed E-state index contributed by atoms with van der Waals surface area (Å²) in [4.78, 5) is 33.9. The topological polar surface area (TPSA) is 108 Å². The number of carboxylic acid groups (broad SMARTS) is 1.